The summed E-state index contributed by atoms with van der Waals surface area (Å²) in [7, 11) is 0. The number of aromatic nitrogens is 2. The Bertz CT molecular complexity index is 830. The molecule has 0 unspecified atom stereocenters. The third-order valence-corrected chi connectivity index (χ3v) is 4.25. The van der Waals surface area contributed by atoms with Crippen molar-refractivity contribution >= 4 is 35.1 Å². The largest absolute Gasteiger partial charge is 0.472 e. The third-order valence-electron chi connectivity index (χ3n) is 3.41. The first-order chi connectivity index (χ1) is 10.4. The molecule has 104 valence electrons. The molecule has 0 radical (unpaired) electrons. The number of rotatable bonds is 3. The Balaban J connectivity index is 1.72. The number of benzene rings is 1. The highest BCUT2D eigenvalue weighted by Gasteiger charge is 2.06. The highest BCUT2D eigenvalue weighted by molar-refractivity contribution is 8.04. The van der Waals surface area contributed by atoms with Crippen LogP contribution in [0.4, 0.5) is 0 Å². The maximum absolute atomic E-state index is 5.13. The lowest BCUT2D eigenvalue weighted by Gasteiger charge is -2.03. The molecule has 4 rings (SSSR count). The molecule has 0 fully saturated rings. The number of thioether (sulfide) groups is 1. The summed E-state index contributed by atoms with van der Waals surface area (Å²) < 4.78 is 7.26. The number of allylic oxidation sites excluding steroid dienone is 1. The van der Waals surface area contributed by atoms with Gasteiger partial charge in [-0.1, -0.05) is 6.07 Å². The molecule has 3 aromatic rings. The van der Waals surface area contributed by atoms with Crippen LogP contribution in [-0.4, -0.2) is 21.6 Å². The van der Waals surface area contributed by atoms with Gasteiger partial charge in [0.2, 0.25) is 0 Å². The van der Waals surface area contributed by atoms with E-state index in [1.807, 2.05) is 18.6 Å². The molecule has 0 bridgehead atoms. The number of fused-ring (bicyclic) bond motifs is 1. The van der Waals surface area contributed by atoms with E-state index in [0.29, 0.717) is 0 Å². The van der Waals surface area contributed by atoms with Gasteiger partial charge in [-0.15, -0.1) is 11.8 Å². The topological polar surface area (TPSA) is 43.3 Å². The Morgan fingerprint density at radius 3 is 3.14 bits per heavy atom. The van der Waals surface area contributed by atoms with Gasteiger partial charge in [0.05, 0.1) is 42.3 Å². The van der Waals surface area contributed by atoms with Gasteiger partial charge in [0.25, 0.3) is 0 Å². The number of hydrogen-bond acceptors (Lipinski definition) is 4. The van der Waals surface area contributed by atoms with E-state index >= 15 is 0 Å². The average Bonchev–Trinajstić information content (AvgIpc) is 3.22. The van der Waals surface area contributed by atoms with Crippen LogP contribution in [0.25, 0.3) is 17.1 Å². The third kappa shape index (κ3) is 2.52. The van der Waals surface area contributed by atoms with Crippen molar-refractivity contribution < 1.29 is 4.42 Å². The lowest BCUT2D eigenvalue weighted by atomic mass is 10.2. The molecule has 5 heteroatoms. The fourth-order valence-corrected chi connectivity index (χ4v) is 3.06. The van der Waals surface area contributed by atoms with Crippen molar-refractivity contribution in [2.24, 2.45) is 4.99 Å². The molecule has 1 aliphatic rings. The Morgan fingerprint density at radius 1 is 1.33 bits per heavy atom. The number of furan rings is 1. The lowest BCUT2D eigenvalue weighted by molar-refractivity contribution is 0.562. The fourth-order valence-electron chi connectivity index (χ4n) is 2.39. The molecule has 1 aliphatic heterocycles. The Morgan fingerprint density at radius 2 is 2.33 bits per heavy atom. The summed E-state index contributed by atoms with van der Waals surface area (Å²) >= 11 is 1.76. The predicted octanol–water partition coefficient (Wildman–Crippen LogP) is 3.79. The minimum atomic E-state index is 0.767. The summed E-state index contributed by atoms with van der Waals surface area (Å²) in [6.07, 6.45) is 9.43. The molecule has 21 heavy (non-hydrogen) atoms. The first-order valence-electron chi connectivity index (χ1n) is 6.69. The van der Waals surface area contributed by atoms with Crippen LogP contribution in [0, 0.1) is 0 Å². The van der Waals surface area contributed by atoms with Crippen molar-refractivity contribution in [1.29, 1.82) is 0 Å². The van der Waals surface area contributed by atoms with Gasteiger partial charge >= 0.3 is 0 Å². The van der Waals surface area contributed by atoms with E-state index in [2.05, 4.69) is 38.8 Å². The second-order valence-electron chi connectivity index (χ2n) is 4.88. The summed E-state index contributed by atoms with van der Waals surface area (Å²) in [6, 6.07) is 8.30. The summed E-state index contributed by atoms with van der Waals surface area (Å²) in [5.41, 5.74) is 4.45. The van der Waals surface area contributed by atoms with E-state index in [1.165, 1.54) is 10.5 Å². The zero-order valence-corrected chi connectivity index (χ0v) is 12.1. The van der Waals surface area contributed by atoms with Crippen molar-refractivity contribution in [2.45, 2.75) is 6.54 Å². The van der Waals surface area contributed by atoms with Gasteiger partial charge in [-0.05, 0) is 29.8 Å². The van der Waals surface area contributed by atoms with Gasteiger partial charge in [-0.25, -0.2) is 4.98 Å². The standard InChI is InChI=1S/C16H13N3OS/c1-2-15-16(6-12(1)5-14-7-17-11-21-14)19(10-18-15)8-13-3-4-20-9-13/h1-7,9-10H,8,11H2. The minimum absolute atomic E-state index is 0.767. The second kappa shape index (κ2) is 5.26. The monoisotopic (exact) mass is 295 g/mol. The molecule has 2 aromatic heterocycles. The summed E-state index contributed by atoms with van der Waals surface area (Å²) in [5, 5.41) is 0. The van der Waals surface area contributed by atoms with Gasteiger partial charge in [0.1, 0.15) is 0 Å². The SMILES string of the molecule is C1=NCSC1=Cc1ccc2ncn(Cc3ccoc3)c2c1. The van der Waals surface area contributed by atoms with Crippen molar-refractivity contribution in [1.82, 2.24) is 9.55 Å². The van der Waals surface area contributed by atoms with Gasteiger partial charge in [0.15, 0.2) is 0 Å². The van der Waals surface area contributed by atoms with Gasteiger partial charge < -0.3 is 8.98 Å². The average molecular weight is 295 g/mol. The smallest absolute Gasteiger partial charge is 0.0961 e. The summed E-state index contributed by atoms with van der Waals surface area (Å²) in [4.78, 5) is 9.88. The summed E-state index contributed by atoms with van der Waals surface area (Å²) in [6.45, 7) is 0.767. The van der Waals surface area contributed by atoms with Crippen LogP contribution in [0.5, 0.6) is 0 Å². The van der Waals surface area contributed by atoms with Crippen LogP contribution < -0.4 is 0 Å². The Labute approximate surface area is 126 Å². The van der Waals surface area contributed by atoms with Gasteiger partial charge in [0, 0.05) is 16.7 Å². The normalized spacial score (nSPS) is 16.3. The van der Waals surface area contributed by atoms with Gasteiger partial charge in [-0.3, -0.25) is 4.99 Å². The van der Waals surface area contributed by atoms with Crippen LogP contribution in [0.15, 0.2) is 57.4 Å². The number of imidazole rings is 1. The molecule has 1 aromatic carbocycles. The van der Waals surface area contributed by atoms with Crippen LogP contribution >= 0.6 is 11.8 Å². The van der Waals surface area contributed by atoms with E-state index in [4.69, 9.17) is 4.42 Å². The zero-order valence-electron chi connectivity index (χ0n) is 11.3. The van der Waals surface area contributed by atoms with Crippen molar-refractivity contribution in [3.8, 4) is 0 Å². The summed E-state index contributed by atoms with van der Waals surface area (Å²) in [5.74, 6) is 0.826. The minimum Gasteiger partial charge on any atom is -0.472 e. The van der Waals surface area contributed by atoms with E-state index in [-0.39, 0.29) is 0 Å². The van der Waals surface area contributed by atoms with Crippen LogP contribution in [0.1, 0.15) is 11.1 Å². The molecule has 0 aliphatic carbocycles. The molecule has 3 heterocycles. The molecule has 0 N–H and O–H groups in total. The molecule has 0 saturated carbocycles. The number of hydrogen-bond donors (Lipinski definition) is 0. The van der Waals surface area contributed by atoms with E-state index in [1.54, 1.807) is 24.3 Å². The fraction of sp³-hybridized carbons (Fsp3) is 0.125. The molecule has 4 nitrogen and oxygen atoms in total. The molecular weight excluding hydrogens is 282 g/mol. The van der Waals surface area contributed by atoms with Crippen LogP contribution in [0.2, 0.25) is 0 Å². The molecular formula is C16H13N3OS. The Hall–Kier alpha value is -2.27. The molecule has 0 amide bonds. The quantitative estimate of drug-likeness (QED) is 0.738. The molecule has 0 spiro atoms. The van der Waals surface area contributed by atoms with Crippen LogP contribution in [-0.2, 0) is 6.54 Å². The zero-order chi connectivity index (χ0) is 14.1. The highest BCUT2D eigenvalue weighted by Crippen LogP contribution is 2.24. The van der Waals surface area contributed by atoms with Crippen molar-refractivity contribution in [2.75, 3.05) is 5.88 Å². The maximum Gasteiger partial charge on any atom is 0.0961 e. The lowest BCUT2D eigenvalue weighted by Crippen LogP contribution is -1.96. The molecule has 0 atom stereocenters. The van der Waals surface area contributed by atoms with E-state index in [9.17, 15) is 0 Å². The number of aliphatic imine (C=N–C) groups is 1. The molecule has 0 saturated heterocycles. The Kier molecular flexibility index (Phi) is 3.12. The van der Waals surface area contributed by atoms with E-state index in [0.717, 1.165) is 29.0 Å². The predicted molar refractivity (Wildman–Crippen MR) is 86.5 cm³/mol. The highest BCUT2D eigenvalue weighted by atomic mass is 32.2. The number of nitrogens with zero attached hydrogens (tertiary/aromatic N) is 3. The second-order valence-corrected chi connectivity index (χ2v) is 5.90. The maximum atomic E-state index is 5.13. The first-order valence-corrected chi connectivity index (χ1v) is 7.67. The van der Waals surface area contributed by atoms with Gasteiger partial charge in [-0.2, -0.15) is 0 Å². The van der Waals surface area contributed by atoms with E-state index < -0.39 is 0 Å². The van der Waals surface area contributed by atoms with Crippen molar-refractivity contribution in [3.05, 3.63) is 59.2 Å². The van der Waals surface area contributed by atoms with Crippen molar-refractivity contribution in [3.63, 3.8) is 0 Å². The van der Waals surface area contributed by atoms with Crippen LogP contribution in [0.3, 0.4) is 0 Å². The first kappa shape index (κ1) is 12.5.